The fourth-order valence-corrected chi connectivity index (χ4v) is 2.98. The second-order valence-electron chi connectivity index (χ2n) is 5.63. The summed E-state index contributed by atoms with van der Waals surface area (Å²) in [7, 11) is 2.02. The summed E-state index contributed by atoms with van der Waals surface area (Å²) in [6.07, 6.45) is 0. The first-order chi connectivity index (χ1) is 12.1. The Morgan fingerprint density at radius 3 is 2.69 bits per heavy atom. The Balaban J connectivity index is 0.00000338. The fourth-order valence-electron chi connectivity index (χ4n) is 2.26. The minimum absolute atomic E-state index is 0. The molecule has 26 heavy (non-hydrogen) atoms. The zero-order valence-electron chi connectivity index (χ0n) is 15.4. The minimum Gasteiger partial charge on any atom is -0.375 e. The number of guanidine groups is 1. The van der Waals surface area contributed by atoms with E-state index in [-0.39, 0.29) is 24.0 Å². The minimum atomic E-state index is 0. The Morgan fingerprint density at radius 2 is 2.08 bits per heavy atom. The standard InChI is InChI=1S/C18H25ClN4OS.HI/c1-4-20-18(23(3)11-17-13-25-14(2)22-17)21-9-10-24-12-15-5-7-16(19)8-6-15;/h5-8,13H,4,9-12H2,1-3H3,(H,20,21);1H. The van der Waals surface area contributed by atoms with Gasteiger partial charge in [-0.15, -0.1) is 35.3 Å². The third-order valence-electron chi connectivity index (χ3n) is 3.44. The summed E-state index contributed by atoms with van der Waals surface area (Å²) in [4.78, 5) is 11.2. The summed E-state index contributed by atoms with van der Waals surface area (Å²) < 4.78 is 5.68. The van der Waals surface area contributed by atoms with Gasteiger partial charge in [0.2, 0.25) is 0 Å². The molecule has 0 spiro atoms. The number of rotatable bonds is 8. The average Bonchev–Trinajstić information content (AvgIpc) is 3.00. The summed E-state index contributed by atoms with van der Waals surface area (Å²) in [6.45, 7) is 7.39. The van der Waals surface area contributed by atoms with Crippen molar-refractivity contribution in [1.29, 1.82) is 0 Å². The average molecular weight is 509 g/mol. The number of nitrogens with one attached hydrogen (secondary N) is 1. The van der Waals surface area contributed by atoms with Gasteiger partial charge in [0.1, 0.15) is 0 Å². The van der Waals surface area contributed by atoms with Gasteiger partial charge in [0.15, 0.2) is 5.96 Å². The van der Waals surface area contributed by atoms with E-state index in [4.69, 9.17) is 16.3 Å². The van der Waals surface area contributed by atoms with Crippen molar-refractivity contribution in [2.24, 2.45) is 4.99 Å². The van der Waals surface area contributed by atoms with Gasteiger partial charge in [-0.3, -0.25) is 4.99 Å². The lowest BCUT2D eigenvalue weighted by molar-refractivity contribution is 0.128. The van der Waals surface area contributed by atoms with Gasteiger partial charge < -0.3 is 15.0 Å². The van der Waals surface area contributed by atoms with E-state index in [2.05, 4.69) is 32.5 Å². The molecule has 0 aliphatic carbocycles. The predicted molar refractivity (Wildman–Crippen MR) is 121 cm³/mol. The van der Waals surface area contributed by atoms with Crippen molar-refractivity contribution in [3.63, 3.8) is 0 Å². The van der Waals surface area contributed by atoms with E-state index >= 15 is 0 Å². The van der Waals surface area contributed by atoms with E-state index in [0.29, 0.717) is 19.8 Å². The summed E-state index contributed by atoms with van der Waals surface area (Å²) in [5.74, 6) is 0.864. The van der Waals surface area contributed by atoms with Gasteiger partial charge in [0, 0.05) is 24.0 Å². The highest BCUT2D eigenvalue weighted by Gasteiger charge is 2.08. The number of aromatic nitrogens is 1. The molecule has 0 atom stereocenters. The van der Waals surface area contributed by atoms with Crippen molar-refractivity contribution in [3.05, 3.63) is 50.9 Å². The molecule has 0 saturated heterocycles. The molecule has 1 aromatic carbocycles. The normalized spacial score (nSPS) is 11.2. The molecule has 144 valence electrons. The molecule has 0 bridgehead atoms. The largest absolute Gasteiger partial charge is 0.375 e. The van der Waals surface area contributed by atoms with Crippen LogP contribution in [0.25, 0.3) is 0 Å². The SMILES string of the molecule is CCNC(=NCCOCc1ccc(Cl)cc1)N(C)Cc1csc(C)n1.I. The van der Waals surface area contributed by atoms with Crippen LogP contribution < -0.4 is 5.32 Å². The van der Waals surface area contributed by atoms with Crippen LogP contribution in [0.2, 0.25) is 5.02 Å². The molecule has 5 nitrogen and oxygen atoms in total. The van der Waals surface area contributed by atoms with Gasteiger partial charge in [0.05, 0.1) is 37.0 Å². The Morgan fingerprint density at radius 1 is 1.35 bits per heavy atom. The smallest absolute Gasteiger partial charge is 0.194 e. The van der Waals surface area contributed by atoms with Crippen LogP contribution in [-0.2, 0) is 17.9 Å². The Hall–Kier alpha value is -0.900. The van der Waals surface area contributed by atoms with Crippen molar-refractivity contribution in [2.75, 3.05) is 26.7 Å². The molecule has 0 aliphatic heterocycles. The van der Waals surface area contributed by atoms with Crippen molar-refractivity contribution in [1.82, 2.24) is 15.2 Å². The molecule has 1 aromatic heterocycles. The first kappa shape index (κ1) is 23.1. The van der Waals surface area contributed by atoms with Crippen LogP contribution in [0.5, 0.6) is 0 Å². The maximum atomic E-state index is 5.87. The highest BCUT2D eigenvalue weighted by molar-refractivity contribution is 14.0. The number of benzene rings is 1. The van der Waals surface area contributed by atoms with E-state index in [1.165, 1.54) is 0 Å². The van der Waals surface area contributed by atoms with E-state index in [1.807, 2.05) is 38.2 Å². The monoisotopic (exact) mass is 508 g/mol. The van der Waals surface area contributed by atoms with Crippen molar-refractivity contribution >= 4 is 52.9 Å². The second-order valence-corrected chi connectivity index (χ2v) is 7.13. The fraction of sp³-hybridized carbons (Fsp3) is 0.444. The number of aliphatic imine (C=N–C) groups is 1. The van der Waals surface area contributed by atoms with Crippen LogP contribution in [-0.4, -0.2) is 42.6 Å². The van der Waals surface area contributed by atoms with E-state index in [1.54, 1.807) is 11.3 Å². The van der Waals surface area contributed by atoms with Gasteiger partial charge >= 0.3 is 0 Å². The maximum Gasteiger partial charge on any atom is 0.194 e. The number of nitrogens with zero attached hydrogens (tertiary/aromatic N) is 3. The first-order valence-electron chi connectivity index (χ1n) is 8.31. The molecule has 0 radical (unpaired) electrons. The molecule has 8 heteroatoms. The van der Waals surface area contributed by atoms with Crippen LogP contribution in [0.1, 0.15) is 23.2 Å². The third-order valence-corrected chi connectivity index (χ3v) is 4.52. The first-order valence-corrected chi connectivity index (χ1v) is 9.57. The Kier molecular flexibility index (Phi) is 11.1. The Bertz CT molecular complexity index is 678. The summed E-state index contributed by atoms with van der Waals surface area (Å²) in [5.41, 5.74) is 2.17. The van der Waals surface area contributed by atoms with Crippen LogP contribution in [0, 0.1) is 6.92 Å². The lowest BCUT2D eigenvalue weighted by atomic mass is 10.2. The summed E-state index contributed by atoms with van der Waals surface area (Å²) in [5, 5.41) is 7.22. The Labute approximate surface area is 181 Å². The molecule has 0 unspecified atom stereocenters. The van der Waals surface area contributed by atoms with Gasteiger partial charge in [0.25, 0.3) is 0 Å². The van der Waals surface area contributed by atoms with Crippen molar-refractivity contribution in [2.45, 2.75) is 27.0 Å². The molecule has 2 aromatic rings. The van der Waals surface area contributed by atoms with Crippen LogP contribution in [0.3, 0.4) is 0 Å². The molecule has 1 N–H and O–H groups in total. The molecule has 0 saturated carbocycles. The zero-order valence-corrected chi connectivity index (χ0v) is 19.3. The number of thiazole rings is 1. The number of hydrogen-bond acceptors (Lipinski definition) is 4. The molecule has 0 aliphatic rings. The lowest BCUT2D eigenvalue weighted by Crippen LogP contribution is -2.38. The molecule has 0 fully saturated rings. The second kappa shape index (κ2) is 12.5. The highest BCUT2D eigenvalue weighted by atomic mass is 127. The molecule has 0 amide bonds. The third kappa shape index (κ3) is 8.20. The van der Waals surface area contributed by atoms with E-state index < -0.39 is 0 Å². The summed E-state index contributed by atoms with van der Waals surface area (Å²) >= 11 is 7.54. The maximum absolute atomic E-state index is 5.87. The topological polar surface area (TPSA) is 49.8 Å². The van der Waals surface area contributed by atoms with Gasteiger partial charge in [-0.05, 0) is 31.5 Å². The molecule has 2 rings (SSSR count). The van der Waals surface area contributed by atoms with Gasteiger partial charge in [-0.1, -0.05) is 23.7 Å². The van der Waals surface area contributed by atoms with Crippen LogP contribution in [0.15, 0.2) is 34.6 Å². The van der Waals surface area contributed by atoms with Crippen LogP contribution >= 0.6 is 46.9 Å². The van der Waals surface area contributed by atoms with Gasteiger partial charge in [-0.25, -0.2) is 4.98 Å². The van der Waals surface area contributed by atoms with Crippen LogP contribution in [0.4, 0.5) is 0 Å². The number of hydrogen-bond donors (Lipinski definition) is 1. The molecular weight excluding hydrogens is 483 g/mol. The molecular formula is C18H26ClIN4OS. The predicted octanol–water partition coefficient (Wildman–Crippen LogP) is 4.34. The molecule has 1 heterocycles. The number of ether oxygens (including phenoxy) is 1. The highest BCUT2D eigenvalue weighted by Crippen LogP contribution is 2.11. The van der Waals surface area contributed by atoms with Crippen molar-refractivity contribution < 1.29 is 4.74 Å². The summed E-state index contributed by atoms with van der Waals surface area (Å²) in [6, 6.07) is 7.69. The quantitative estimate of drug-likeness (QED) is 0.249. The number of halogens is 2. The van der Waals surface area contributed by atoms with E-state index in [0.717, 1.165) is 40.3 Å². The lowest BCUT2D eigenvalue weighted by Gasteiger charge is -2.21. The number of aryl methyl sites for hydroxylation is 1. The zero-order chi connectivity index (χ0) is 18.1. The van der Waals surface area contributed by atoms with Gasteiger partial charge in [-0.2, -0.15) is 0 Å². The van der Waals surface area contributed by atoms with E-state index in [9.17, 15) is 0 Å². The van der Waals surface area contributed by atoms with Crippen molar-refractivity contribution in [3.8, 4) is 0 Å².